The van der Waals surface area contributed by atoms with Gasteiger partial charge in [-0.3, -0.25) is 4.90 Å². The number of aromatic nitrogens is 2. The third kappa shape index (κ3) is 5.78. The van der Waals surface area contributed by atoms with E-state index in [4.69, 9.17) is 9.72 Å². The van der Waals surface area contributed by atoms with Crippen LogP contribution in [-0.2, 0) is 6.54 Å². The van der Waals surface area contributed by atoms with E-state index in [1.54, 1.807) is 0 Å². The Labute approximate surface area is 200 Å². The molecule has 2 aromatic carbocycles. The number of nitrogens with zero attached hydrogens (tertiary/aromatic N) is 3. The molecule has 178 valence electrons. The predicted octanol–water partition coefficient (Wildman–Crippen LogP) is 7.26. The molecular weight excluding hydrogens is 406 g/mol. The van der Waals surface area contributed by atoms with Crippen LogP contribution < -0.4 is 4.74 Å². The average Bonchev–Trinajstić information content (AvgIpc) is 2.96. The van der Waals surface area contributed by atoms with E-state index in [0.717, 1.165) is 37.3 Å². The summed E-state index contributed by atoms with van der Waals surface area (Å²) >= 11 is 0. The second-order valence-corrected chi connectivity index (χ2v) is 9.99. The van der Waals surface area contributed by atoms with Gasteiger partial charge >= 0.3 is 0 Å². The quantitative estimate of drug-likeness (QED) is 0.323. The van der Waals surface area contributed by atoms with Crippen LogP contribution in [0.15, 0.2) is 42.5 Å². The first kappa shape index (κ1) is 23.8. The Morgan fingerprint density at radius 1 is 0.939 bits per heavy atom. The fraction of sp³-hybridized carbons (Fsp3) is 0.552. The van der Waals surface area contributed by atoms with Crippen molar-refractivity contribution in [3.05, 3.63) is 59.4 Å². The van der Waals surface area contributed by atoms with Crippen LogP contribution in [-0.4, -0.2) is 34.1 Å². The molecule has 3 aromatic rings. The molecule has 4 nitrogen and oxygen atoms in total. The maximum absolute atomic E-state index is 6.24. The standard InChI is InChI=1S/C29H41N3O/c1-22(2)25-16-15-23(3)21-28(25)33-20-12-11-19-32-27-14-8-7-13-26(27)30-29(32)24(4)31-17-9-5-6-10-18-31/h7-8,13-16,21-22,24H,5-6,9-12,17-20H2,1-4H3. The molecular formula is C29H41N3O. The summed E-state index contributed by atoms with van der Waals surface area (Å²) in [7, 11) is 0. The lowest BCUT2D eigenvalue weighted by atomic mass is 10.0. The zero-order chi connectivity index (χ0) is 23.2. The number of benzene rings is 2. The lowest BCUT2D eigenvalue weighted by Gasteiger charge is -2.27. The van der Waals surface area contributed by atoms with Gasteiger partial charge < -0.3 is 9.30 Å². The summed E-state index contributed by atoms with van der Waals surface area (Å²) in [5.74, 6) is 2.74. The number of ether oxygens (including phenoxy) is 1. The Balaban J connectivity index is 1.42. The maximum Gasteiger partial charge on any atom is 0.127 e. The van der Waals surface area contributed by atoms with E-state index < -0.39 is 0 Å². The lowest BCUT2D eigenvalue weighted by molar-refractivity contribution is 0.207. The number of imidazole rings is 1. The SMILES string of the molecule is Cc1ccc(C(C)C)c(OCCCCn2c(C(C)N3CCCCCC3)nc3ccccc32)c1. The Kier molecular flexibility index (Phi) is 8.08. The summed E-state index contributed by atoms with van der Waals surface area (Å²) in [6.07, 6.45) is 7.45. The van der Waals surface area contributed by atoms with E-state index in [1.807, 2.05) is 0 Å². The molecule has 4 heteroatoms. The van der Waals surface area contributed by atoms with Crippen molar-refractivity contribution in [3.63, 3.8) is 0 Å². The molecule has 1 unspecified atom stereocenters. The highest BCUT2D eigenvalue weighted by Gasteiger charge is 2.23. The number of para-hydroxylation sites is 2. The topological polar surface area (TPSA) is 30.3 Å². The molecule has 1 aliphatic heterocycles. The molecule has 0 N–H and O–H groups in total. The molecule has 1 aromatic heterocycles. The van der Waals surface area contributed by atoms with Gasteiger partial charge in [0.05, 0.1) is 23.7 Å². The van der Waals surface area contributed by atoms with Crippen molar-refractivity contribution >= 4 is 11.0 Å². The van der Waals surface area contributed by atoms with Crippen LogP contribution in [0.3, 0.4) is 0 Å². The summed E-state index contributed by atoms with van der Waals surface area (Å²) in [5.41, 5.74) is 4.93. The van der Waals surface area contributed by atoms with Crippen molar-refractivity contribution in [2.75, 3.05) is 19.7 Å². The second-order valence-electron chi connectivity index (χ2n) is 9.99. The van der Waals surface area contributed by atoms with Crippen LogP contribution in [0, 0.1) is 6.92 Å². The molecule has 0 radical (unpaired) electrons. The molecule has 0 spiro atoms. The zero-order valence-corrected chi connectivity index (χ0v) is 21.0. The Morgan fingerprint density at radius 3 is 2.45 bits per heavy atom. The zero-order valence-electron chi connectivity index (χ0n) is 21.0. The van der Waals surface area contributed by atoms with Gasteiger partial charge in [-0.25, -0.2) is 4.98 Å². The van der Waals surface area contributed by atoms with Crippen LogP contribution in [0.5, 0.6) is 5.75 Å². The molecule has 0 bridgehead atoms. The molecule has 1 atom stereocenters. The maximum atomic E-state index is 6.24. The first-order valence-corrected chi connectivity index (χ1v) is 13.0. The number of hydrogen-bond acceptors (Lipinski definition) is 3. The fourth-order valence-corrected chi connectivity index (χ4v) is 5.09. The first-order chi connectivity index (χ1) is 16.0. The number of likely N-dealkylation sites (tertiary alicyclic amines) is 1. The monoisotopic (exact) mass is 447 g/mol. The molecule has 1 saturated heterocycles. The van der Waals surface area contributed by atoms with E-state index in [1.165, 1.54) is 61.2 Å². The Bertz CT molecular complexity index is 1030. The minimum Gasteiger partial charge on any atom is -0.493 e. The lowest BCUT2D eigenvalue weighted by Crippen LogP contribution is -2.30. The summed E-state index contributed by atoms with van der Waals surface area (Å²) in [5, 5.41) is 0. The highest BCUT2D eigenvalue weighted by molar-refractivity contribution is 5.76. The number of hydrogen-bond donors (Lipinski definition) is 0. The van der Waals surface area contributed by atoms with Gasteiger partial charge in [0.2, 0.25) is 0 Å². The van der Waals surface area contributed by atoms with Crippen molar-refractivity contribution in [2.45, 2.75) is 84.7 Å². The summed E-state index contributed by atoms with van der Waals surface area (Å²) in [4.78, 5) is 7.73. The number of unbranched alkanes of at least 4 members (excludes halogenated alkanes) is 1. The van der Waals surface area contributed by atoms with E-state index in [9.17, 15) is 0 Å². The molecule has 33 heavy (non-hydrogen) atoms. The normalized spacial score (nSPS) is 16.3. The molecule has 1 fully saturated rings. The van der Waals surface area contributed by atoms with Crippen molar-refractivity contribution < 1.29 is 4.74 Å². The number of fused-ring (bicyclic) bond motifs is 1. The molecule has 0 saturated carbocycles. The van der Waals surface area contributed by atoms with E-state index in [0.29, 0.717) is 12.0 Å². The largest absolute Gasteiger partial charge is 0.493 e. The Morgan fingerprint density at radius 2 is 1.70 bits per heavy atom. The average molecular weight is 448 g/mol. The van der Waals surface area contributed by atoms with Gasteiger partial charge in [0.15, 0.2) is 0 Å². The first-order valence-electron chi connectivity index (χ1n) is 13.0. The van der Waals surface area contributed by atoms with Gasteiger partial charge in [-0.2, -0.15) is 0 Å². The third-order valence-corrected chi connectivity index (χ3v) is 7.07. The van der Waals surface area contributed by atoms with Crippen molar-refractivity contribution in [3.8, 4) is 5.75 Å². The van der Waals surface area contributed by atoms with Crippen molar-refractivity contribution in [1.82, 2.24) is 14.5 Å². The van der Waals surface area contributed by atoms with Crippen LogP contribution in [0.25, 0.3) is 11.0 Å². The molecule has 0 aliphatic carbocycles. The van der Waals surface area contributed by atoms with E-state index in [-0.39, 0.29) is 0 Å². The molecule has 4 rings (SSSR count). The fourth-order valence-electron chi connectivity index (χ4n) is 5.09. The molecule has 2 heterocycles. The second kappa shape index (κ2) is 11.2. The van der Waals surface area contributed by atoms with Crippen molar-refractivity contribution in [2.24, 2.45) is 0 Å². The van der Waals surface area contributed by atoms with Crippen LogP contribution in [0.2, 0.25) is 0 Å². The smallest absolute Gasteiger partial charge is 0.127 e. The summed E-state index contributed by atoms with van der Waals surface area (Å²) < 4.78 is 8.71. The van der Waals surface area contributed by atoms with E-state index in [2.05, 4.69) is 79.6 Å². The minimum absolute atomic E-state index is 0.354. The number of rotatable bonds is 9. The van der Waals surface area contributed by atoms with Gasteiger partial charge in [-0.1, -0.05) is 51.0 Å². The van der Waals surface area contributed by atoms with E-state index >= 15 is 0 Å². The Hall–Kier alpha value is -2.33. The summed E-state index contributed by atoms with van der Waals surface area (Å²) in [6, 6.07) is 15.5. The molecule has 1 aliphatic rings. The van der Waals surface area contributed by atoms with Gasteiger partial charge in [-0.05, 0) is 87.9 Å². The van der Waals surface area contributed by atoms with Crippen LogP contribution in [0.1, 0.15) is 88.2 Å². The minimum atomic E-state index is 0.354. The van der Waals surface area contributed by atoms with Gasteiger partial charge in [0.25, 0.3) is 0 Å². The van der Waals surface area contributed by atoms with Crippen LogP contribution >= 0.6 is 0 Å². The predicted molar refractivity (Wildman–Crippen MR) is 138 cm³/mol. The van der Waals surface area contributed by atoms with Gasteiger partial charge in [-0.15, -0.1) is 0 Å². The highest BCUT2D eigenvalue weighted by atomic mass is 16.5. The van der Waals surface area contributed by atoms with Gasteiger partial charge in [0.1, 0.15) is 11.6 Å². The third-order valence-electron chi connectivity index (χ3n) is 7.07. The highest BCUT2D eigenvalue weighted by Crippen LogP contribution is 2.29. The van der Waals surface area contributed by atoms with Crippen molar-refractivity contribution in [1.29, 1.82) is 0 Å². The van der Waals surface area contributed by atoms with Crippen LogP contribution in [0.4, 0.5) is 0 Å². The number of aryl methyl sites for hydroxylation is 2. The molecule has 0 amide bonds. The van der Waals surface area contributed by atoms with Gasteiger partial charge in [0, 0.05) is 6.54 Å². The summed E-state index contributed by atoms with van der Waals surface area (Å²) in [6.45, 7) is 13.1.